The summed E-state index contributed by atoms with van der Waals surface area (Å²) in [6.45, 7) is 0. The molecule has 0 saturated heterocycles. The van der Waals surface area contributed by atoms with Crippen LogP contribution in [0, 0.1) is 10.1 Å². The van der Waals surface area contributed by atoms with Crippen molar-refractivity contribution in [3.63, 3.8) is 0 Å². The molecule has 1 saturated carbocycles. The molecule has 2 aromatic rings. The van der Waals surface area contributed by atoms with Gasteiger partial charge in [0.1, 0.15) is 0 Å². The number of hydrogen-bond donors (Lipinski definition) is 1. The average Bonchev–Trinajstić information content (AvgIpc) is 3.20. The van der Waals surface area contributed by atoms with Gasteiger partial charge < -0.3 is 14.8 Å². The molecule has 7 heteroatoms. The van der Waals surface area contributed by atoms with E-state index in [1.165, 1.54) is 24.3 Å². The summed E-state index contributed by atoms with van der Waals surface area (Å²) in [7, 11) is 0. The molecule has 0 unspecified atom stereocenters. The summed E-state index contributed by atoms with van der Waals surface area (Å²) in [5.41, 5.74) is 0.873. The molecule has 7 nitrogen and oxygen atoms in total. The summed E-state index contributed by atoms with van der Waals surface area (Å²) in [5, 5.41) is 13.4. The standard InChI is InChI=1S/C18H16N2O5/c21-17(12-3-6-14(7-4-12)20(22)23)19-13-5-8-15-16(11-13)25-18(24-15)9-1-2-10-18/h3-8,11H,1-2,9-10H2,(H,19,21). The summed E-state index contributed by atoms with van der Waals surface area (Å²) in [4.78, 5) is 22.5. The normalized spacial score (nSPS) is 16.8. The van der Waals surface area contributed by atoms with Crippen molar-refractivity contribution in [3.05, 3.63) is 58.1 Å². The molecule has 1 spiro atoms. The van der Waals surface area contributed by atoms with Gasteiger partial charge in [0.15, 0.2) is 11.5 Å². The van der Waals surface area contributed by atoms with Crippen molar-refractivity contribution >= 4 is 17.3 Å². The first kappa shape index (κ1) is 15.4. The van der Waals surface area contributed by atoms with Gasteiger partial charge >= 0.3 is 0 Å². The molecule has 1 aliphatic carbocycles. The molecule has 0 radical (unpaired) electrons. The molecule has 0 aromatic heterocycles. The SMILES string of the molecule is O=C(Nc1ccc2c(c1)OC1(CCCC1)O2)c1ccc([N+](=O)[O-])cc1. The Morgan fingerprint density at radius 3 is 2.40 bits per heavy atom. The van der Waals surface area contributed by atoms with Gasteiger partial charge in [-0.25, -0.2) is 0 Å². The Morgan fingerprint density at radius 1 is 1.04 bits per heavy atom. The second-order valence-electron chi connectivity index (χ2n) is 6.24. The molecule has 128 valence electrons. The lowest BCUT2D eigenvalue weighted by Gasteiger charge is -2.21. The Bertz CT molecular complexity index is 841. The molecule has 2 aliphatic rings. The Labute approximate surface area is 143 Å². The molecule has 1 heterocycles. The number of amides is 1. The van der Waals surface area contributed by atoms with Crippen LogP contribution >= 0.6 is 0 Å². The van der Waals surface area contributed by atoms with Crippen LogP contribution in [0.3, 0.4) is 0 Å². The first-order chi connectivity index (χ1) is 12.0. The number of fused-ring (bicyclic) bond motifs is 1. The minimum Gasteiger partial charge on any atom is -0.448 e. The molecule has 2 aromatic carbocycles. The van der Waals surface area contributed by atoms with Gasteiger partial charge in [0.2, 0.25) is 0 Å². The minimum atomic E-state index is -0.538. The predicted octanol–water partition coefficient (Wildman–Crippen LogP) is 3.89. The van der Waals surface area contributed by atoms with Crippen molar-refractivity contribution in [2.75, 3.05) is 5.32 Å². The van der Waals surface area contributed by atoms with Crippen molar-refractivity contribution < 1.29 is 19.2 Å². The zero-order chi connectivity index (χ0) is 17.4. The predicted molar refractivity (Wildman–Crippen MR) is 89.9 cm³/mol. The van der Waals surface area contributed by atoms with E-state index < -0.39 is 10.7 Å². The lowest BCUT2D eigenvalue weighted by molar-refractivity contribution is -0.384. The minimum absolute atomic E-state index is 0.0542. The third kappa shape index (κ3) is 2.88. The number of non-ortho nitro benzene ring substituents is 1. The number of carbonyl (C=O) groups excluding carboxylic acids is 1. The molecule has 25 heavy (non-hydrogen) atoms. The molecular weight excluding hydrogens is 324 g/mol. The third-order valence-corrected chi connectivity index (χ3v) is 4.50. The Morgan fingerprint density at radius 2 is 1.72 bits per heavy atom. The van der Waals surface area contributed by atoms with E-state index >= 15 is 0 Å². The first-order valence-corrected chi connectivity index (χ1v) is 8.13. The molecule has 1 fully saturated rings. The van der Waals surface area contributed by atoms with Crippen molar-refractivity contribution in [1.29, 1.82) is 0 Å². The number of anilines is 1. The number of nitro benzene ring substituents is 1. The fraction of sp³-hybridized carbons (Fsp3) is 0.278. The van der Waals surface area contributed by atoms with Crippen molar-refractivity contribution in [2.24, 2.45) is 0 Å². The number of benzene rings is 2. The van der Waals surface area contributed by atoms with Crippen LogP contribution in [0.4, 0.5) is 11.4 Å². The number of nitro groups is 1. The zero-order valence-electron chi connectivity index (χ0n) is 13.4. The Kier molecular flexibility index (Phi) is 3.56. The van der Waals surface area contributed by atoms with Crippen LogP contribution in [0.1, 0.15) is 36.0 Å². The first-order valence-electron chi connectivity index (χ1n) is 8.13. The second-order valence-corrected chi connectivity index (χ2v) is 6.24. The largest absolute Gasteiger partial charge is 0.448 e. The van der Waals surface area contributed by atoms with E-state index in [1.54, 1.807) is 18.2 Å². The van der Waals surface area contributed by atoms with Crippen LogP contribution in [0.2, 0.25) is 0 Å². The lowest BCUT2D eigenvalue weighted by Crippen LogP contribution is -2.34. The van der Waals surface area contributed by atoms with E-state index in [4.69, 9.17) is 9.47 Å². The number of carbonyl (C=O) groups is 1. The summed E-state index contributed by atoms with van der Waals surface area (Å²) >= 11 is 0. The van der Waals surface area contributed by atoms with E-state index in [9.17, 15) is 14.9 Å². The Hall–Kier alpha value is -3.09. The van der Waals surface area contributed by atoms with Gasteiger partial charge in [0.05, 0.1) is 4.92 Å². The highest BCUT2D eigenvalue weighted by Crippen LogP contribution is 2.47. The lowest BCUT2D eigenvalue weighted by atomic mass is 10.2. The fourth-order valence-corrected chi connectivity index (χ4v) is 3.23. The van der Waals surface area contributed by atoms with Gasteiger partial charge in [-0.2, -0.15) is 0 Å². The topological polar surface area (TPSA) is 90.7 Å². The smallest absolute Gasteiger partial charge is 0.269 e. The summed E-state index contributed by atoms with van der Waals surface area (Å²) in [5.74, 6) is 0.437. The number of hydrogen-bond acceptors (Lipinski definition) is 5. The molecular formula is C18H16N2O5. The average molecular weight is 340 g/mol. The Balaban J connectivity index is 1.48. The molecule has 1 aliphatic heterocycles. The van der Waals surface area contributed by atoms with Gasteiger partial charge in [0, 0.05) is 42.3 Å². The maximum Gasteiger partial charge on any atom is 0.269 e. The van der Waals surface area contributed by atoms with Crippen LogP contribution in [-0.2, 0) is 0 Å². The number of nitrogens with zero attached hydrogens (tertiary/aromatic N) is 1. The van der Waals surface area contributed by atoms with Gasteiger partial charge in [0.25, 0.3) is 17.4 Å². The highest BCUT2D eigenvalue weighted by atomic mass is 16.7. The molecule has 1 amide bonds. The molecule has 4 rings (SSSR count). The summed E-state index contributed by atoms with van der Waals surface area (Å²) < 4.78 is 11.9. The molecule has 0 bridgehead atoms. The van der Waals surface area contributed by atoms with E-state index in [1.807, 2.05) is 0 Å². The number of rotatable bonds is 3. The van der Waals surface area contributed by atoms with Crippen molar-refractivity contribution in [3.8, 4) is 11.5 Å². The second kappa shape index (κ2) is 5.77. The number of nitrogens with one attached hydrogen (secondary N) is 1. The highest BCUT2D eigenvalue weighted by molar-refractivity contribution is 6.04. The zero-order valence-corrected chi connectivity index (χ0v) is 13.4. The van der Waals surface area contributed by atoms with E-state index in [0.29, 0.717) is 22.7 Å². The van der Waals surface area contributed by atoms with Crippen molar-refractivity contribution in [2.45, 2.75) is 31.5 Å². The van der Waals surface area contributed by atoms with Crippen molar-refractivity contribution in [1.82, 2.24) is 0 Å². The highest BCUT2D eigenvalue weighted by Gasteiger charge is 2.44. The monoisotopic (exact) mass is 340 g/mol. The van der Waals surface area contributed by atoms with Gasteiger partial charge in [-0.3, -0.25) is 14.9 Å². The summed E-state index contributed by atoms with van der Waals surface area (Å²) in [6, 6.07) is 10.7. The fourth-order valence-electron chi connectivity index (χ4n) is 3.23. The van der Waals surface area contributed by atoms with Crippen LogP contribution in [-0.4, -0.2) is 16.6 Å². The van der Waals surface area contributed by atoms with E-state index in [2.05, 4.69) is 5.32 Å². The third-order valence-electron chi connectivity index (χ3n) is 4.50. The van der Waals surface area contributed by atoms with Crippen LogP contribution in [0.25, 0.3) is 0 Å². The van der Waals surface area contributed by atoms with Gasteiger partial charge in [-0.15, -0.1) is 0 Å². The summed E-state index contributed by atoms with van der Waals surface area (Å²) in [6.07, 6.45) is 3.90. The van der Waals surface area contributed by atoms with Gasteiger partial charge in [-0.05, 0) is 37.1 Å². The maximum atomic E-state index is 12.3. The number of ether oxygens (including phenoxy) is 2. The van der Waals surface area contributed by atoms with Gasteiger partial charge in [-0.1, -0.05) is 0 Å². The molecule has 1 N–H and O–H groups in total. The van der Waals surface area contributed by atoms with Crippen LogP contribution in [0.5, 0.6) is 11.5 Å². The maximum absolute atomic E-state index is 12.3. The van der Waals surface area contributed by atoms with Crippen LogP contribution in [0.15, 0.2) is 42.5 Å². The van der Waals surface area contributed by atoms with E-state index in [-0.39, 0.29) is 11.6 Å². The van der Waals surface area contributed by atoms with E-state index in [0.717, 1.165) is 25.7 Å². The molecule has 0 atom stereocenters. The quantitative estimate of drug-likeness (QED) is 0.676. The van der Waals surface area contributed by atoms with Crippen LogP contribution < -0.4 is 14.8 Å².